The highest BCUT2D eigenvalue weighted by Gasteiger charge is 2.25. The molecule has 1 saturated heterocycles. The third-order valence-corrected chi connectivity index (χ3v) is 4.13. The summed E-state index contributed by atoms with van der Waals surface area (Å²) in [7, 11) is 1.72. The quantitative estimate of drug-likeness (QED) is 0.612. The Morgan fingerprint density at radius 3 is 2.79 bits per heavy atom. The maximum absolute atomic E-state index is 5.54. The van der Waals surface area contributed by atoms with Crippen molar-refractivity contribution in [3.8, 4) is 0 Å². The maximum atomic E-state index is 5.54. The lowest BCUT2D eigenvalue weighted by molar-refractivity contribution is 0.0594. The van der Waals surface area contributed by atoms with Crippen molar-refractivity contribution in [2.75, 3.05) is 46.6 Å². The zero-order valence-corrected chi connectivity index (χ0v) is 12.4. The van der Waals surface area contributed by atoms with Crippen molar-refractivity contribution in [2.45, 2.75) is 50.6 Å². The van der Waals surface area contributed by atoms with Crippen LogP contribution in [0.15, 0.2) is 0 Å². The summed E-state index contributed by atoms with van der Waals surface area (Å²) in [5, 5.41) is 3.69. The minimum absolute atomic E-state index is 0.706. The van der Waals surface area contributed by atoms with Gasteiger partial charge in [0.1, 0.15) is 0 Å². The molecule has 2 aliphatic rings. The Bertz CT molecular complexity index is 234. The first-order valence-corrected chi connectivity index (χ1v) is 7.94. The standard InChI is InChI=1S/C15H30N2O2/c1-18-11-12-19-10-4-9-17-8-3-2-5-15(17)13-16-14-6-7-14/h14-16H,2-13H2,1H3. The van der Waals surface area contributed by atoms with E-state index in [2.05, 4.69) is 10.2 Å². The molecule has 1 heterocycles. The number of likely N-dealkylation sites (tertiary alicyclic amines) is 1. The van der Waals surface area contributed by atoms with E-state index < -0.39 is 0 Å². The Labute approximate surface area is 117 Å². The summed E-state index contributed by atoms with van der Waals surface area (Å²) in [4.78, 5) is 2.67. The minimum Gasteiger partial charge on any atom is -0.382 e. The van der Waals surface area contributed by atoms with Crippen LogP contribution < -0.4 is 5.32 Å². The molecule has 0 radical (unpaired) electrons. The number of ether oxygens (including phenoxy) is 2. The summed E-state index contributed by atoms with van der Waals surface area (Å²) in [6.07, 6.45) is 8.05. The first-order chi connectivity index (χ1) is 9.40. The largest absolute Gasteiger partial charge is 0.382 e. The summed E-state index contributed by atoms with van der Waals surface area (Å²) in [5.74, 6) is 0. The van der Waals surface area contributed by atoms with Gasteiger partial charge in [-0.05, 0) is 38.6 Å². The molecule has 1 N–H and O–H groups in total. The van der Waals surface area contributed by atoms with Crippen molar-refractivity contribution in [3.05, 3.63) is 0 Å². The van der Waals surface area contributed by atoms with E-state index >= 15 is 0 Å². The number of hydrogen-bond acceptors (Lipinski definition) is 4. The van der Waals surface area contributed by atoms with E-state index in [0.717, 1.165) is 31.7 Å². The lowest BCUT2D eigenvalue weighted by atomic mass is 10.0. The highest BCUT2D eigenvalue weighted by atomic mass is 16.5. The Morgan fingerprint density at radius 2 is 2.00 bits per heavy atom. The average molecular weight is 270 g/mol. The van der Waals surface area contributed by atoms with Crippen LogP contribution in [0.4, 0.5) is 0 Å². The van der Waals surface area contributed by atoms with Gasteiger partial charge in [-0.1, -0.05) is 6.42 Å². The molecule has 1 saturated carbocycles. The second kappa shape index (κ2) is 8.90. The van der Waals surface area contributed by atoms with Gasteiger partial charge >= 0.3 is 0 Å². The summed E-state index contributed by atoms with van der Waals surface area (Å²) in [6, 6.07) is 1.59. The molecule has 0 aromatic heterocycles. The topological polar surface area (TPSA) is 33.7 Å². The van der Waals surface area contributed by atoms with Gasteiger partial charge in [0.25, 0.3) is 0 Å². The fourth-order valence-electron chi connectivity index (χ4n) is 2.79. The molecular formula is C15H30N2O2. The molecule has 19 heavy (non-hydrogen) atoms. The van der Waals surface area contributed by atoms with E-state index in [0.29, 0.717) is 6.61 Å². The van der Waals surface area contributed by atoms with E-state index in [1.165, 1.54) is 51.7 Å². The van der Waals surface area contributed by atoms with Gasteiger partial charge in [-0.3, -0.25) is 4.90 Å². The van der Waals surface area contributed by atoms with Crippen LogP contribution in [0.1, 0.15) is 38.5 Å². The van der Waals surface area contributed by atoms with Gasteiger partial charge in [0.15, 0.2) is 0 Å². The number of rotatable bonds is 10. The Balaban J connectivity index is 1.55. The number of methoxy groups -OCH3 is 1. The zero-order valence-electron chi connectivity index (χ0n) is 12.4. The van der Waals surface area contributed by atoms with Gasteiger partial charge in [0, 0.05) is 38.9 Å². The molecule has 2 rings (SSSR count). The number of hydrogen-bond donors (Lipinski definition) is 1. The van der Waals surface area contributed by atoms with E-state index in [1.54, 1.807) is 7.11 Å². The molecule has 1 atom stereocenters. The summed E-state index contributed by atoms with van der Waals surface area (Å²) in [6.45, 7) is 5.94. The molecule has 4 nitrogen and oxygen atoms in total. The molecule has 0 aromatic rings. The summed E-state index contributed by atoms with van der Waals surface area (Å²) in [5.41, 5.74) is 0. The lowest BCUT2D eigenvalue weighted by Gasteiger charge is -2.36. The fraction of sp³-hybridized carbons (Fsp3) is 1.00. The zero-order chi connectivity index (χ0) is 13.3. The second-order valence-corrected chi connectivity index (χ2v) is 5.83. The smallest absolute Gasteiger partial charge is 0.0700 e. The molecule has 0 bridgehead atoms. The van der Waals surface area contributed by atoms with Crippen LogP contribution in [0.3, 0.4) is 0 Å². The fourth-order valence-corrected chi connectivity index (χ4v) is 2.79. The molecule has 0 spiro atoms. The Kier molecular flexibility index (Phi) is 7.14. The predicted molar refractivity (Wildman–Crippen MR) is 77.5 cm³/mol. The predicted octanol–water partition coefficient (Wildman–Crippen LogP) is 1.65. The van der Waals surface area contributed by atoms with Crippen LogP contribution in [0.5, 0.6) is 0 Å². The van der Waals surface area contributed by atoms with Crippen LogP contribution in [0.2, 0.25) is 0 Å². The van der Waals surface area contributed by atoms with Gasteiger partial charge in [0.05, 0.1) is 13.2 Å². The molecule has 1 aliphatic carbocycles. The number of nitrogens with zero attached hydrogens (tertiary/aromatic N) is 1. The van der Waals surface area contributed by atoms with Gasteiger partial charge in [-0.25, -0.2) is 0 Å². The molecule has 0 aromatic carbocycles. The lowest BCUT2D eigenvalue weighted by Crippen LogP contribution is -2.46. The molecule has 0 amide bonds. The van der Waals surface area contributed by atoms with E-state index in [9.17, 15) is 0 Å². The minimum atomic E-state index is 0.706. The van der Waals surface area contributed by atoms with Crippen molar-refractivity contribution in [1.29, 1.82) is 0 Å². The molecule has 1 unspecified atom stereocenters. The Morgan fingerprint density at radius 1 is 1.11 bits per heavy atom. The first-order valence-electron chi connectivity index (χ1n) is 7.94. The average Bonchev–Trinajstić information content (AvgIpc) is 3.25. The third-order valence-electron chi connectivity index (χ3n) is 4.13. The van der Waals surface area contributed by atoms with Crippen LogP contribution in [0, 0.1) is 0 Å². The van der Waals surface area contributed by atoms with Crippen molar-refractivity contribution >= 4 is 0 Å². The summed E-state index contributed by atoms with van der Waals surface area (Å²) >= 11 is 0. The van der Waals surface area contributed by atoms with Crippen LogP contribution in [-0.2, 0) is 9.47 Å². The van der Waals surface area contributed by atoms with Crippen molar-refractivity contribution in [1.82, 2.24) is 10.2 Å². The monoisotopic (exact) mass is 270 g/mol. The van der Waals surface area contributed by atoms with Gasteiger partial charge in [-0.15, -0.1) is 0 Å². The van der Waals surface area contributed by atoms with Crippen LogP contribution in [-0.4, -0.2) is 63.5 Å². The first kappa shape index (κ1) is 15.2. The number of nitrogens with one attached hydrogen (secondary N) is 1. The maximum Gasteiger partial charge on any atom is 0.0700 e. The number of piperidine rings is 1. The SMILES string of the molecule is COCCOCCCN1CCCCC1CNC1CC1. The second-order valence-electron chi connectivity index (χ2n) is 5.83. The summed E-state index contributed by atoms with van der Waals surface area (Å²) < 4.78 is 10.5. The molecule has 112 valence electrons. The van der Waals surface area contributed by atoms with E-state index in [1.807, 2.05) is 0 Å². The van der Waals surface area contributed by atoms with Crippen molar-refractivity contribution in [3.63, 3.8) is 0 Å². The highest BCUT2D eigenvalue weighted by molar-refractivity contribution is 4.85. The van der Waals surface area contributed by atoms with Crippen molar-refractivity contribution in [2.24, 2.45) is 0 Å². The van der Waals surface area contributed by atoms with E-state index in [4.69, 9.17) is 9.47 Å². The normalized spacial score (nSPS) is 24.8. The highest BCUT2D eigenvalue weighted by Crippen LogP contribution is 2.21. The van der Waals surface area contributed by atoms with Gasteiger partial charge in [0.2, 0.25) is 0 Å². The molecular weight excluding hydrogens is 240 g/mol. The van der Waals surface area contributed by atoms with Crippen LogP contribution >= 0.6 is 0 Å². The van der Waals surface area contributed by atoms with Crippen LogP contribution in [0.25, 0.3) is 0 Å². The molecule has 1 aliphatic heterocycles. The van der Waals surface area contributed by atoms with Gasteiger partial charge < -0.3 is 14.8 Å². The third kappa shape index (κ3) is 6.21. The van der Waals surface area contributed by atoms with Gasteiger partial charge in [-0.2, -0.15) is 0 Å². The van der Waals surface area contributed by atoms with Crippen molar-refractivity contribution < 1.29 is 9.47 Å². The molecule has 4 heteroatoms. The Hall–Kier alpha value is -0.160. The van der Waals surface area contributed by atoms with E-state index in [-0.39, 0.29) is 0 Å². The molecule has 2 fully saturated rings.